The number of rotatable bonds is 4. The summed E-state index contributed by atoms with van der Waals surface area (Å²) >= 11 is 1.87. The van der Waals surface area contributed by atoms with Gasteiger partial charge in [0.1, 0.15) is 11.2 Å². The van der Waals surface area contributed by atoms with E-state index in [1.54, 1.807) is 0 Å². The maximum atomic E-state index is 6.69. The van der Waals surface area contributed by atoms with Crippen LogP contribution in [0, 0.1) is 0 Å². The Kier molecular flexibility index (Phi) is 6.21. The molecule has 0 unspecified atom stereocenters. The van der Waals surface area contributed by atoms with Crippen LogP contribution in [0.25, 0.3) is 75.1 Å². The molecule has 246 valence electrons. The molecule has 0 aliphatic heterocycles. The van der Waals surface area contributed by atoms with E-state index in [-0.39, 0.29) is 5.41 Å². The van der Waals surface area contributed by atoms with Crippen molar-refractivity contribution in [2.45, 2.75) is 19.3 Å². The summed E-state index contributed by atoms with van der Waals surface area (Å²) in [5.74, 6) is 0. The number of thiophene rings is 1. The lowest BCUT2D eigenvalue weighted by molar-refractivity contribution is 0.660. The zero-order valence-corrected chi connectivity index (χ0v) is 29.7. The molecule has 10 aromatic rings. The van der Waals surface area contributed by atoms with Gasteiger partial charge in [-0.3, -0.25) is 0 Å². The Hall–Kier alpha value is -6.16. The number of benzene rings is 8. The normalized spacial score (nSPS) is 13.3. The molecule has 0 spiro atoms. The van der Waals surface area contributed by atoms with Gasteiger partial charge in [-0.25, -0.2) is 0 Å². The van der Waals surface area contributed by atoms with Crippen LogP contribution in [-0.4, -0.2) is 0 Å². The van der Waals surface area contributed by atoms with Crippen molar-refractivity contribution in [1.29, 1.82) is 0 Å². The smallest absolute Gasteiger partial charge is 0.136 e. The van der Waals surface area contributed by atoms with Crippen molar-refractivity contribution < 1.29 is 4.42 Å². The average Bonchev–Trinajstić information content (AvgIpc) is 3.83. The van der Waals surface area contributed by atoms with Gasteiger partial charge >= 0.3 is 0 Å². The second kappa shape index (κ2) is 10.9. The average molecular weight is 684 g/mol. The van der Waals surface area contributed by atoms with Gasteiger partial charge in [-0.1, -0.05) is 129 Å². The van der Waals surface area contributed by atoms with Crippen LogP contribution >= 0.6 is 11.3 Å². The Morgan fingerprint density at radius 3 is 2.06 bits per heavy atom. The van der Waals surface area contributed by atoms with E-state index in [9.17, 15) is 0 Å². The van der Waals surface area contributed by atoms with Gasteiger partial charge in [0.15, 0.2) is 0 Å². The molecule has 0 saturated heterocycles. The van der Waals surface area contributed by atoms with E-state index < -0.39 is 0 Å². The molecule has 0 fully saturated rings. The molecule has 11 rings (SSSR count). The third-order valence-electron chi connectivity index (χ3n) is 11.3. The number of fused-ring (bicyclic) bond motifs is 11. The van der Waals surface area contributed by atoms with Gasteiger partial charge in [-0.2, -0.15) is 0 Å². The SMILES string of the molecule is CC1(C)c2ccccc2-c2ccc(N(c3ccc4oc5cc(-c6ccccc6)c6ccccc6c5c4c3)c3cccc4c3sc3ccccc34)cc21. The van der Waals surface area contributed by atoms with Crippen molar-refractivity contribution in [2.75, 3.05) is 4.90 Å². The zero-order valence-electron chi connectivity index (χ0n) is 28.9. The summed E-state index contributed by atoms with van der Waals surface area (Å²) in [5, 5.41) is 7.27. The van der Waals surface area contributed by atoms with Crippen LogP contribution in [-0.2, 0) is 5.41 Å². The fraction of sp³-hybridized carbons (Fsp3) is 0.0612. The maximum Gasteiger partial charge on any atom is 0.136 e. The highest BCUT2D eigenvalue weighted by Gasteiger charge is 2.36. The fourth-order valence-corrected chi connectivity index (χ4v) is 10.00. The Morgan fingerprint density at radius 1 is 0.481 bits per heavy atom. The summed E-state index contributed by atoms with van der Waals surface area (Å²) in [4.78, 5) is 2.47. The second-order valence-corrected chi connectivity index (χ2v) is 15.5. The van der Waals surface area contributed by atoms with E-state index in [4.69, 9.17) is 4.42 Å². The Morgan fingerprint density at radius 2 is 1.17 bits per heavy atom. The predicted octanol–water partition coefficient (Wildman–Crippen LogP) is 14.6. The molecule has 52 heavy (non-hydrogen) atoms. The summed E-state index contributed by atoms with van der Waals surface area (Å²) in [7, 11) is 0. The van der Waals surface area contributed by atoms with E-state index in [0.717, 1.165) is 33.3 Å². The van der Waals surface area contributed by atoms with Crippen LogP contribution in [0.2, 0.25) is 0 Å². The summed E-state index contributed by atoms with van der Waals surface area (Å²) < 4.78 is 9.26. The number of nitrogens with zero attached hydrogens (tertiary/aromatic N) is 1. The number of hydrogen-bond donors (Lipinski definition) is 0. The number of furan rings is 1. The lowest BCUT2D eigenvalue weighted by atomic mass is 9.82. The van der Waals surface area contributed by atoms with Gasteiger partial charge in [0.25, 0.3) is 0 Å². The summed E-state index contributed by atoms with van der Waals surface area (Å²) in [6.07, 6.45) is 0. The largest absolute Gasteiger partial charge is 0.456 e. The topological polar surface area (TPSA) is 16.4 Å². The number of anilines is 3. The van der Waals surface area contributed by atoms with Gasteiger partial charge in [-0.05, 0) is 92.7 Å². The predicted molar refractivity (Wildman–Crippen MR) is 222 cm³/mol. The lowest BCUT2D eigenvalue weighted by Crippen LogP contribution is -2.16. The lowest BCUT2D eigenvalue weighted by Gasteiger charge is -2.28. The van der Waals surface area contributed by atoms with Gasteiger partial charge in [0.05, 0.1) is 10.4 Å². The van der Waals surface area contributed by atoms with Crippen LogP contribution in [0.5, 0.6) is 0 Å². The summed E-state index contributed by atoms with van der Waals surface area (Å²) in [5.41, 5.74) is 12.9. The third kappa shape index (κ3) is 4.17. The standard InChI is InChI=1S/C49H33NOS/c1-49(2)41-20-10-8-16-34(41)35-25-23-32(28-42(35)49)50(43-21-12-19-38-36-17-9-11-22-46(36)52-48(38)43)31-24-26-44-40(27-31)47-37-18-7-6-15-33(37)39(29-45(47)51-44)30-13-4-3-5-14-30/h3-29H,1-2H3. The van der Waals surface area contributed by atoms with Crippen molar-refractivity contribution in [3.63, 3.8) is 0 Å². The monoisotopic (exact) mass is 683 g/mol. The molecule has 1 aliphatic carbocycles. The van der Waals surface area contributed by atoms with Crippen molar-refractivity contribution >= 4 is 81.3 Å². The molecule has 2 nitrogen and oxygen atoms in total. The minimum atomic E-state index is -0.114. The molecule has 2 heterocycles. The van der Waals surface area contributed by atoms with Crippen molar-refractivity contribution in [3.05, 3.63) is 175 Å². The van der Waals surface area contributed by atoms with Gasteiger partial charge in [0, 0.05) is 43.0 Å². The van der Waals surface area contributed by atoms with Gasteiger partial charge < -0.3 is 9.32 Å². The van der Waals surface area contributed by atoms with Gasteiger partial charge in [0.2, 0.25) is 0 Å². The first-order chi connectivity index (χ1) is 25.5. The molecular weight excluding hydrogens is 651 g/mol. The van der Waals surface area contributed by atoms with Crippen LogP contribution in [0.1, 0.15) is 25.0 Å². The summed E-state index contributed by atoms with van der Waals surface area (Å²) in [6.45, 7) is 4.72. The highest BCUT2D eigenvalue weighted by atomic mass is 32.1. The van der Waals surface area contributed by atoms with Gasteiger partial charge in [-0.15, -0.1) is 11.3 Å². The first kappa shape index (κ1) is 29.6. The second-order valence-electron chi connectivity index (χ2n) is 14.5. The molecule has 0 radical (unpaired) electrons. The molecule has 0 atom stereocenters. The Bertz CT molecular complexity index is 3060. The summed E-state index contributed by atoms with van der Waals surface area (Å²) in [6, 6.07) is 59.8. The molecular formula is C49H33NOS. The quantitative estimate of drug-likeness (QED) is 0.184. The maximum absolute atomic E-state index is 6.69. The zero-order chi connectivity index (χ0) is 34.6. The minimum Gasteiger partial charge on any atom is -0.456 e. The molecule has 1 aliphatic rings. The first-order valence-corrected chi connectivity index (χ1v) is 18.7. The molecule has 2 aromatic heterocycles. The van der Waals surface area contributed by atoms with Crippen molar-refractivity contribution in [1.82, 2.24) is 0 Å². The van der Waals surface area contributed by atoms with E-state index in [2.05, 4.69) is 183 Å². The molecule has 3 heteroatoms. The highest BCUT2D eigenvalue weighted by Crippen LogP contribution is 2.52. The molecule has 0 amide bonds. The molecule has 0 saturated carbocycles. The third-order valence-corrected chi connectivity index (χ3v) is 12.5. The van der Waals surface area contributed by atoms with E-state index in [1.807, 2.05) is 11.3 Å². The highest BCUT2D eigenvalue weighted by molar-refractivity contribution is 7.26. The van der Waals surface area contributed by atoms with Crippen molar-refractivity contribution in [2.24, 2.45) is 0 Å². The molecule has 8 aromatic carbocycles. The van der Waals surface area contributed by atoms with E-state index >= 15 is 0 Å². The Labute approximate surface area is 305 Å². The fourth-order valence-electron chi connectivity index (χ4n) is 8.79. The van der Waals surface area contributed by atoms with E-state index in [1.165, 1.54) is 70.0 Å². The minimum absolute atomic E-state index is 0.114. The van der Waals surface area contributed by atoms with Crippen LogP contribution in [0.15, 0.2) is 168 Å². The van der Waals surface area contributed by atoms with Crippen LogP contribution in [0.4, 0.5) is 17.1 Å². The Balaban J connectivity index is 1.18. The first-order valence-electron chi connectivity index (χ1n) is 17.9. The molecule has 0 bridgehead atoms. The van der Waals surface area contributed by atoms with Crippen LogP contribution in [0.3, 0.4) is 0 Å². The molecule has 0 N–H and O–H groups in total. The van der Waals surface area contributed by atoms with E-state index in [0.29, 0.717) is 0 Å². The number of hydrogen-bond acceptors (Lipinski definition) is 3. The van der Waals surface area contributed by atoms with Crippen LogP contribution < -0.4 is 4.90 Å². The van der Waals surface area contributed by atoms with Crippen molar-refractivity contribution in [3.8, 4) is 22.3 Å².